The van der Waals surface area contributed by atoms with Crippen LogP contribution in [0.5, 0.6) is 5.75 Å². The summed E-state index contributed by atoms with van der Waals surface area (Å²) in [5.74, 6) is 1.44. The maximum atomic E-state index is 12.9. The molecule has 140 valence electrons. The lowest BCUT2D eigenvalue weighted by Crippen LogP contribution is -2.48. The van der Waals surface area contributed by atoms with E-state index in [1.165, 1.54) is 0 Å². The Morgan fingerprint density at radius 3 is 2.85 bits per heavy atom. The first-order valence-electron chi connectivity index (χ1n) is 9.12. The van der Waals surface area contributed by atoms with Gasteiger partial charge in [0.1, 0.15) is 11.4 Å². The van der Waals surface area contributed by atoms with Gasteiger partial charge in [0.05, 0.1) is 7.11 Å². The Balaban J connectivity index is 1.50. The van der Waals surface area contributed by atoms with E-state index in [1.54, 1.807) is 19.5 Å². The fourth-order valence-electron chi connectivity index (χ4n) is 3.66. The Morgan fingerprint density at radius 1 is 1.26 bits per heavy atom. The first-order valence-corrected chi connectivity index (χ1v) is 9.12. The lowest BCUT2D eigenvalue weighted by molar-refractivity contribution is 0.0925. The highest BCUT2D eigenvalue weighted by Gasteiger charge is 2.24. The Hall–Kier alpha value is -3.09. The van der Waals surface area contributed by atoms with Crippen molar-refractivity contribution in [3.05, 3.63) is 48.4 Å². The van der Waals surface area contributed by atoms with E-state index in [9.17, 15) is 4.79 Å². The molecule has 1 aromatic carbocycles. The van der Waals surface area contributed by atoms with E-state index in [4.69, 9.17) is 4.74 Å². The van der Waals surface area contributed by atoms with Crippen LogP contribution in [-0.4, -0.2) is 46.7 Å². The molecule has 4 rings (SSSR count). The van der Waals surface area contributed by atoms with Gasteiger partial charge in [-0.3, -0.25) is 4.79 Å². The zero-order valence-corrected chi connectivity index (χ0v) is 15.6. The Kier molecular flexibility index (Phi) is 4.66. The molecule has 1 aliphatic rings. The van der Waals surface area contributed by atoms with Gasteiger partial charge in [-0.15, -0.1) is 0 Å². The average molecular weight is 365 g/mol. The highest BCUT2D eigenvalue weighted by Crippen LogP contribution is 2.24. The molecule has 1 N–H and O–H groups in total. The largest absolute Gasteiger partial charge is 0.497 e. The highest BCUT2D eigenvalue weighted by atomic mass is 16.5. The molecule has 0 spiro atoms. The normalized spacial score (nSPS) is 17.1. The summed E-state index contributed by atoms with van der Waals surface area (Å²) in [6.07, 6.45) is 5.44. The molecule has 1 saturated heterocycles. The molecule has 1 atom stereocenters. The second-order valence-electron chi connectivity index (χ2n) is 6.82. The summed E-state index contributed by atoms with van der Waals surface area (Å²) < 4.78 is 7.20. The van der Waals surface area contributed by atoms with Gasteiger partial charge < -0.3 is 19.5 Å². The van der Waals surface area contributed by atoms with Gasteiger partial charge in [-0.05, 0) is 43.2 Å². The number of ether oxygens (including phenoxy) is 1. The number of aryl methyl sites for hydroxylation is 1. The molecule has 1 aliphatic heterocycles. The van der Waals surface area contributed by atoms with Crippen LogP contribution in [0.1, 0.15) is 23.3 Å². The van der Waals surface area contributed by atoms with Crippen LogP contribution in [0.4, 0.5) is 5.95 Å². The standard InChI is InChI=1S/C20H23N5O2/c1-24-17-7-6-16(27-2)11-14(17)12-18(24)19(26)23-15-5-3-10-25(13-15)20-21-8-4-9-22-20/h4,6-9,11-12,15H,3,5,10,13H2,1-2H3,(H,23,26)/t15-/m0/s1. The van der Waals surface area contributed by atoms with Crippen molar-refractivity contribution < 1.29 is 9.53 Å². The van der Waals surface area contributed by atoms with Gasteiger partial charge in [0, 0.05) is 49.5 Å². The van der Waals surface area contributed by atoms with Crippen LogP contribution < -0.4 is 15.0 Å². The minimum atomic E-state index is -0.0616. The number of anilines is 1. The third-order valence-electron chi connectivity index (χ3n) is 5.07. The highest BCUT2D eigenvalue weighted by molar-refractivity contribution is 5.99. The average Bonchev–Trinajstić information content (AvgIpc) is 3.05. The topological polar surface area (TPSA) is 72.3 Å². The minimum absolute atomic E-state index is 0.0616. The Labute approximate surface area is 158 Å². The van der Waals surface area contributed by atoms with Crippen molar-refractivity contribution in [1.82, 2.24) is 19.9 Å². The molecule has 0 radical (unpaired) electrons. The number of amides is 1. The van der Waals surface area contributed by atoms with Crippen molar-refractivity contribution >= 4 is 22.8 Å². The van der Waals surface area contributed by atoms with E-state index in [0.717, 1.165) is 36.0 Å². The first kappa shape index (κ1) is 17.3. The molecular formula is C20H23N5O2. The molecule has 0 bridgehead atoms. The molecule has 0 aliphatic carbocycles. The van der Waals surface area contributed by atoms with Crippen molar-refractivity contribution in [1.29, 1.82) is 0 Å². The zero-order chi connectivity index (χ0) is 18.8. The van der Waals surface area contributed by atoms with Gasteiger partial charge in [-0.25, -0.2) is 9.97 Å². The number of hydrogen-bond donors (Lipinski definition) is 1. The van der Waals surface area contributed by atoms with E-state index in [0.29, 0.717) is 18.2 Å². The number of benzene rings is 1. The summed E-state index contributed by atoms with van der Waals surface area (Å²) in [6, 6.07) is 9.61. The number of aromatic nitrogens is 3. The van der Waals surface area contributed by atoms with Crippen LogP contribution in [0.3, 0.4) is 0 Å². The Bertz CT molecular complexity index is 954. The van der Waals surface area contributed by atoms with Crippen molar-refractivity contribution in [2.75, 3.05) is 25.1 Å². The Morgan fingerprint density at radius 2 is 2.07 bits per heavy atom. The molecule has 1 fully saturated rings. The third kappa shape index (κ3) is 3.45. The third-order valence-corrected chi connectivity index (χ3v) is 5.07. The monoisotopic (exact) mass is 365 g/mol. The SMILES string of the molecule is COc1ccc2c(c1)cc(C(=O)N[C@H]1CCCN(c3ncccn3)C1)n2C. The lowest BCUT2D eigenvalue weighted by atomic mass is 10.1. The molecule has 3 aromatic rings. The van der Waals surface area contributed by atoms with E-state index in [2.05, 4.69) is 20.2 Å². The summed E-state index contributed by atoms with van der Waals surface area (Å²) >= 11 is 0. The number of nitrogens with one attached hydrogen (secondary N) is 1. The van der Waals surface area contributed by atoms with Gasteiger partial charge in [-0.1, -0.05) is 0 Å². The van der Waals surface area contributed by atoms with E-state index >= 15 is 0 Å². The maximum Gasteiger partial charge on any atom is 0.268 e. The van der Waals surface area contributed by atoms with Crippen LogP contribution in [0.25, 0.3) is 10.9 Å². The fourth-order valence-corrected chi connectivity index (χ4v) is 3.66. The quantitative estimate of drug-likeness (QED) is 0.769. The van der Waals surface area contributed by atoms with Crippen LogP contribution in [0.15, 0.2) is 42.7 Å². The summed E-state index contributed by atoms with van der Waals surface area (Å²) in [5.41, 5.74) is 1.65. The molecule has 3 heterocycles. The molecule has 7 nitrogen and oxygen atoms in total. The van der Waals surface area contributed by atoms with Gasteiger partial charge in [-0.2, -0.15) is 0 Å². The molecule has 0 saturated carbocycles. The van der Waals surface area contributed by atoms with Crippen molar-refractivity contribution in [3.8, 4) is 5.75 Å². The minimum Gasteiger partial charge on any atom is -0.497 e. The van der Waals surface area contributed by atoms with Crippen LogP contribution in [0, 0.1) is 0 Å². The predicted octanol–water partition coefficient (Wildman–Crippen LogP) is 2.38. The van der Waals surface area contributed by atoms with Crippen molar-refractivity contribution in [2.45, 2.75) is 18.9 Å². The molecular weight excluding hydrogens is 342 g/mol. The number of carbonyl (C=O) groups is 1. The summed E-state index contributed by atoms with van der Waals surface area (Å²) in [7, 11) is 3.55. The smallest absolute Gasteiger partial charge is 0.268 e. The molecule has 2 aromatic heterocycles. The number of carbonyl (C=O) groups excluding carboxylic acids is 1. The lowest BCUT2D eigenvalue weighted by Gasteiger charge is -2.33. The van der Waals surface area contributed by atoms with Gasteiger partial charge in [0.25, 0.3) is 5.91 Å². The van der Waals surface area contributed by atoms with E-state index < -0.39 is 0 Å². The van der Waals surface area contributed by atoms with Crippen LogP contribution >= 0.6 is 0 Å². The zero-order valence-electron chi connectivity index (χ0n) is 15.6. The summed E-state index contributed by atoms with van der Waals surface area (Å²) in [6.45, 7) is 1.62. The number of fused-ring (bicyclic) bond motifs is 1. The first-order chi connectivity index (χ1) is 13.2. The van der Waals surface area contributed by atoms with Gasteiger partial charge in [0.2, 0.25) is 5.95 Å². The summed E-state index contributed by atoms with van der Waals surface area (Å²) in [4.78, 5) is 23.7. The molecule has 7 heteroatoms. The molecule has 1 amide bonds. The number of hydrogen-bond acceptors (Lipinski definition) is 5. The fraction of sp³-hybridized carbons (Fsp3) is 0.350. The van der Waals surface area contributed by atoms with E-state index in [1.807, 2.05) is 41.9 Å². The van der Waals surface area contributed by atoms with E-state index in [-0.39, 0.29) is 11.9 Å². The number of nitrogens with zero attached hydrogens (tertiary/aromatic N) is 4. The van der Waals surface area contributed by atoms with Gasteiger partial charge in [0.15, 0.2) is 0 Å². The van der Waals surface area contributed by atoms with Crippen LogP contribution in [-0.2, 0) is 7.05 Å². The van der Waals surface area contributed by atoms with Crippen molar-refractivity contribution in [2.24, 2.45) is 7.05 Å². The predicted molar refractivity (Wildman–Crippen MR) is 104 cm³/mol. The number of methoxy groups -OCH3 is 1. The molecule has 27 heavy (non-hydrogen) atoms. The number of piperidine rings is 1. The van der Waals surface area contributed by atoms with Crippen molar-refractivity contribution in [3.63, 3.8) is 0 Å². The summed E-state index contributed by atoms with van der Waals surface area (Å²) in [5, 5.41) is 4.17. The van der Waals surface area contributed by atoms with Crippen LogP contribution in [0.2, 0.25) is 0 Å². The molecule has 0 unspecified atom stereocenters. The number of rotatable bonds is 4. The van der Waals surface area contributed by atoms with Gasteiger partial charge >= 0.3 is 0 Å². The second kappa shape index (κ2) is 7.26. The second-order valence-corrected chi connectivity index (χ2v) is 6.82. The maximum absolute atomic E-state index is 12.9.